The fraction of sp³-hybridized carbons (Fsp3) is 0.625. The maximum atomic E-state index is 4.36. The first-order chi connectivity index (χ1) is 5.27. The molecule has 2 nitrogen and oxygen atoms in total. The van der Waals surface area contributed by atoms with Gasteiger partial charge in [0.2, 0.25) is 0 Å². The summed E-state index contributed by atoms with van der Waals surface area (Å²) in [7, 11) is 0. The molecule has 0 N–H and O–H groups in total. The van der Waals surface area contributed by atoms with E-state index in [-0.39, 0.29) is 0 Å². The van der Waals surface area contributed by atoms with Crippen molar-refractivity contribution in [2.24, 2.45) is 0 Å². The maximum Gasteiger partial charge on any atom is 0.123 e. The lowest BCUT2D eigenvalue weighted by Crippen LogP contribution is -2.07. The van der Waals surface area contributed by atoms with E-state index in [4.69, 9.17) is 0 Å². The molecule has 0 bridgehead atoms. The normalized spacial score (nSPS) is 10.9. The van der Waals surface area contributed by atoms with Crippen molar-refractivity contribution in [2.75, 3.05) is 0 Å². The Hall–Kier alpha value is -0.0600. The summed E-state index contributed by atoms with van der Waals surface area (Å²) in [6.45, 7) is 4.39. The molecule has 0 amide bonds. The van der Waals surface area contributed by atoms with Crippen LogP contribution in [0.4, 0.5) is 0 Å². The minimum absolute atomic E-state index is 0.582. The molecule has 0 spiro atoms. The first-order valence-electron chi connectivity index (χ1n) is 3.98. The van der Waals surface area contributed by atoms with Crippen molar-refractivity contribution in [3.05, 3.63) is 16.0 Å². The molecular weight excluding hydrogens is 251 g/mol. The monoisotopic (exact) mass is 264 g/mol. The van der Waals surface area contributed by atoms with Crippen molar-refractivity contribution < 1.29 is 0 Å². The number of halogens is 1. The SMILES string of the molecule is CCC(CC)n1ccc(I)n1. The van der Waals surface area contributed by atoms with Crippen LogP contribution < -0.4 is 0 Å². The summed E-state index contributed by atoms with van der Waals surface area (Å²) >= 11 is 2.23. The van der Waals surface area contributed by atoms with Crippen LogP contribution in [0.5, 0.6) is 0 Å². The zero-order valence-electron chi connectivity index (χ0n) is 6.92. The first kappa shape index (κ1) is 9.03. The topological polar surface area (TPSA) is 17.8 Å². The zero-order chi connectivity index (χ0) is 8.27. The number of nitrogens with zero attached hydrogens (tertiary/aromatic N) is 2. The van der Waals surface area contributed by atoms with Crippen molar-refractivity contribution >= 4 is 22.6 Å². The van der Waals surface area contributed by atoms with Gasteiger partial charge in [-0.25, -0.2) is 0 Å². The van der Waals surface area contributed by atoms with Gasteiger partial charge in [0.1, 0.15) is 3.70 Å². The van der Waals surface area contributed by atoms with Gasteiger partial charge in [0, 0.05) is 6.20 Å². The van der Waals surface area contributed by atoms with E-state index >= 15 is 0 Å². The molecule has 1 rings (SSSR count). The van der Waals surface area contributed by atoms with Crippen LogP contribution in [0.1, 0.15) is 32.7 Å². The summed E-state index contributed by atoms with van der Waals surface area (Å²) < 4.78 is 3.14. The molecule has 1 heterocycles. The average molecular weight is 264 g/mol. The van der Waals surface area contributed by atoms with Crippen LogP contribution in [0.2, 0.25) is 0 Å². The summed E-state index contributed by atoms with van der Waals surface area (Å²) in [6, 6.07) is 2.62. The van der Waals surface area contributed by atoms with Gasteiger partial charge in [0.15, 0.2) is 0 Å². The molecule has 1 aromatic heterocycles. The molecule has 0 atom stereocenters. The van der Waals surface area contributed by atoms with Gasteiger partial charge in [-0.1, -0.05) is 13.8 Å². The van der Waals surface area contributed by atoms with Gasteiger partial charge in [0.25, 0.3) is 0 Å². The van der Waals surface area contributed by atoms with Gasteiger partial charge < -0.3 is 0 Å². The smallest absolute Gasteiger partial charge is 0.123 e. The fourth-order valence-corrected chi connectivity index (χ4v) is 1.59. The third-order valence-electron chi connectivity index (χ3n) is 1.89. The first-order valence-corrected chi connectivity index (χ1v) is 5.06. The fourth-order valence-electron chi connectivity index (χ4n) is 1.18. The van der Waals surface area contributed by atoms with Crippen LogP contribution in [-0.4, -0.2) is 9.78 Å². The minimum Gasteiger partial charge on any atom is -0.269 e. The van der Waals surface area contributed by atoms with Crippen LogP contribution in [0, 0.1) is 3.70 Å². The third kappa shape index (κ3) is 2.18. The van der Waals surface area contributed by atoms with E-state index in [1.807, 2.05) is 6.07 Å². The highest BCUT2D eigenvalue weighted by atomic mass is 127. The van der Waals surface area contributed by atoms with Gasteiger partial charge in [0.05, 0.1) is 6.04 Å². The lowest BCUT2D eigenvalue weighted by molar-refractivity contribution is 0.427. The van der Waals surface area contributed by atoms with Crippen molar-refractivity contribution in [3.8, 4) is 0 Å². The van der Waals surface area contributed by atoms with Gasteiger partial charge in [-0.15, -0.1) is 0 Å². The summed E-state index contributed by atoms with van der Waals surface area (Å²) in [6.07, 6.45) is 4.38. The molecule has 0 aliphatic heterocycles. The quantitative estimate of drug-likeness (QED) is 0.767. The number of hydrogen-bond acceptors (Lipinski definition) is 1. The molecule has 11 heavy (non-hydrogen) atoms. The van der Waals surface area contributed by atoms with Crippen LogP contribution in [0.15, 0.2) is 12.3 Å². The third-order valence-corrected chi connectivity index (χ3v) is 2.47. The second-order valence-electron chi connectivity index (χ2n) is 2.59. The molecule has 0 radical (unpaired) electrons. The summed E-state index contributed by atoms with van der Waals surface area (Å²) in [5.74, 6) is 0. The maximum absolute atomic E-state index is 4.36. The van der Waals surface area contributed by atoms with E-state index in [1.165, 1.54) is 0 Å². The zero-order valence-corrected chi connectivity index (χ0v) is 9.08. The Morgan fingerprint density at radius 2 is 2.18 bits per heavy atom. The Balaban J connectivity index is 2.73. The molecule has 0 saturated carbocycles. The Bertz CT molecular complexity index is 216. The largest absolute Gasteiger partial charge is 0.269 e. The Labute approximate surface area is 81.1 Å². The van der Waals surface area contributed by atoms with E-state index in [1.54, 1.807) is 0 Å². The highest BCUT2D eigenvalue weighted by Crippen LogP contribution is 2.14. The number of hydrogen-bond donors (Lipinski definition) is 0. The van der Waals surface area contributed by atoms with E-state index in [0.29, 0.717) is 6.04 Å². The molecule has 0 saturated heterocycles. The summed E-state index contributed by atoms with van der Waals surface area (Å²) in [5, 5.41) is 4.36. The van der Waals surface area contributed by atoms with Crippen molar-refractivity contribution in [2.45, 2.75) is 32.7 Å². The summed E-state index contributed by atoms with van der Waals surface area (Å²) in [5.41, 5.74) is 0. The Morgan fingerprint density at radius 1 is 1.55 bits per heavy atom. The molecule has 0 aromatic carbocycles. The van der Waals surface area contributed by atoms with Gasteiger partial charge in [-0.2, -0.15) is 5.10 Å². The second-order valence-corrected chi connectivity index (χ2v) is 3.69. The highest BCUT2D eigenvalue weighted by molar-refractivity contribution is 14.1. The number of rotatable bonds is 3. The molecule has 0 aliphatic rings. The Kier molecular flexibility index (Phi) is 3.36. The molecule has 0 fully saturated rings. The van der Waals surface area contributed by atoms with Gasteiger partial charge in [-0.3, -0.25) is 4.68 Å². The average Bonchev–Trinajstić information content (AvgIpc) is 2.39. The predicted octanol–water partition coefficient (Wildman–Crippen LogP) is 2.85. The van der Waals surface area contributed by atoms with E-state index in [0.717, 1.165) is 16.5 Å². The van der Waals surface area contributed by atoms with Crippen molar-refractivity contribution in [1.29, 1.82) is 0 Å². The molecular formula is C8H13IN2. The standard InChI is InChI=1S/C8H13IN2/c1-3-7(4-2)11-6-5-8(9)10-11/h5-7H,3-4H2,1-2H3. The van der Waals surface area contributed by atoms with E-state index < -0.39 is 0 Å². The predicted molar refractivity (Wildman–Crippen MR) is 54.6 cm³/mol. The van der Waals surface area contributed by atoms with Crippen LogP contribution in [0.25, 0.3) is 0 Å². The number of aromatic nitrogens is 2. The minimum atomic E-state index is 0.582. The van der Waals surface area contributed by atoms with Gasteiger partial charge >= 0.3 is 0 Å². The van der Waals surface area contributed by atoms with Crippen LogP contribution in [-0.2, 0) is 0 Å². The second kappa shape index (κ2) is 4.09. The molecule has 0 aliphatic carbocycles. The Morgan fingerprint density at radius 3 is 2.55 bits per heavy atom. The van der Waals surface area contributed by atoms with E-state index in [9.17, 15) is 0 Å². The lowest BCUT2D eigenvalue weighted by atomic mass is 10.2. The summed E-state index contributed by atoms with van der Waals surface area (Å²) in [4.78, 5) is 0. The molecule has 0 unspecified atom stereocenters. The van der Waals surface area contributed by atoms with Crippen LogP contribution >= 0.6 is 22.6 Å². The van der Waals surface area contributed by atoms with Crippen molar-refractivity contribution in [3.63, 3.8) is 0 Å². The molecule has 1 aromatic rings. The highest BCUT2D eigenvalue weighted by Gasteiger charge is 2.05. The molecule has 3 heteroatoms. The lowest BCUT2D eigenvalue weighted by Gasteiger charge is -2.11. The van der Waals surface area contributed by atoms with Gasteiger partial charge in [-0.05, 0) is 41.5 Å². The van der Waals surface area contributed by atoms with Crippen molar-refractivity contribution in [1.82, 2.24) is 9.78 Å². The van der Waals surface area contributed by atoms with Crippen LogP contribution in [0.3, 0.4) is 0 Å². The molecule has 62 valence electrons. The van der Waals surface area contributed by atoms with E-state index in [2.05, 4.69) is 52.4 Å².